The number of amides is 1. The average molecular weight is 376 g/mol. The number of nitrogens with zero attached hydrogens (tertiary/aromatic N) is 3. The van der Waals surface area contributed by atoms with Gasteiger partial charge in [-0.3, -0.25) is 4.79 Å². The van der Waals surface area contributed by atoms with E-state index in [2.05, 4.69) is 20.3 Å². The van der Waals surface area contributed by atoms with Gasteiger partial charge >= 0.3 is 0 Å². The summed E-state index contributed by atoms with van der Waals surface area (Å²) in [6, 6.07) is 15.7. The van der Waals surface area contributed by atoms with Gasteiger partial charge in [0.15, 0.2) is 10.8 Å². The van der Waals surface area contributed by atoms with Crippen molar-refractivity contribution in [1.29, 1.82) is 0 Å². The number of fused-ring (bicyclic) bond motifs is 1. The minimum atomic E-state index is -0.241. The maximum Gasteiger partial charge on any atom is 0.270 e. The van der Waals surface area contributed by atoms with Crippen LogP contribution < -0.4 is 10.1 Å². The van der Waals surface area contributed by atoms with Crippen molar-refractivity contribution >= 4 is 28.0 Å². The molecule has 0 spiro atoms. The Bertz CT molecular complexity index is 1060. The predicted octanol–water partition coefficient (Wildman–Crippen LogP) is 3.56. The van der Waals surface area contributed by atoms with E-state index >= 15 is 0 Å². The first-order valence-corrected chi connectivity index (χ1v) is 9.31. The lowest BCUT2D eigenvalue weighted by Gasteiger charge is -2.09. The molecule has 1 N–H and O–H groups in total. The molecule has 0 unspecified atom stereocenters. The molecule has 2 aromatic heterocycles. The van der Waals surface area contributed by atoms with Crippen LogP contribution in [0.25, 0.3) is 21.6 Å². The summed E-state index contributed by atoms with van der Waals surface area (Å²) >= 11 is 1.34. The van der Waals surface area contributed by atoms with Crippen molar-refractivity contribution in [2.24, 2.45) is 0 Å². The molecule has 2 aromatic carbocycles. The van der Waals surface area contributed by atoms with E-state index in [1.54, 1.807) is 23.8 Å². The van der Waals surface area contributed by atoms with Gasteiger partial charge in [0.25, 0.3) is 5.91 Å². The van der Waals surface area contributed by atoms with Crippen LogP contribution in [0, 0.1) is 0 Å². The van der Waals surface area contributed by atoms with Crippen LogP contribution in [0.2, 0.25) is 0 Å². The zero-order valence-corrected chi connectivity index (χ0v) is 15.1. The summed E-state index contributed by atoms with van der Waals surface area (Å²) in [5.74, 6) is 1.08. The van der Waals surface area contributed by atoms with E-state index in [0.29, 0.717) is 29.7 Å². The minimum absolute atomic E-state index is 0.241. The van der Waals surface area contributed by atoms with Gasteiger partial charge in [-0.15, -0.1) is 11.3 Å². The highest BCUT2D eigenvalue weighted by atomic mass is 32.1. The van der Waals surface area contributed by atoms with Gasteiger partial charge in [0, 0.05) is 23.2 Å². The molecule has 0 atom stereocenters. The highest BCUT2D eigenvalue weighted by Gasteiger charge is 2.12. The SMILES string of the molecule is O=C(NCCOc1cccc2ccccc12)c1csc(-c2ncccn2)n1. The molecular formula is C20H16N4O2S. The fraction of sp³-hybridized carbons (Fsp3) is 0.100. The third-order valence-electron chi connectivity index (χ3n) is 3.89. The first-order valence-electron chi connectivity index (χ1n) is 8.43. The van der Waals surface area contributed by atoms with Crippen molar-refractivity contribution < 1.29 is 9.53 Å². The zero-order valence-electron chi connectivity index (χ0n) is 14.3. The maximum atomic E-state index is 12.2. The Hall–Kier alpha value is -3.32. The molecule has 134 valence electrons. The average Bonchev–Trinajstić information content (AvgIpc) is 3.22. The molecule has 27 heavy (non-hydrogen) atoms. The summed E-state index contributed by atoms with van der Waals surface area (Å²) in [5, 5.41) is 7.32. The van der Waals surface area contributed by atoms with Gasteiger partial charge < -0.3 is 10.1 Å². The minimum Gasteiger partial charge on any atom is -0.491 e. The number of hydrogen-bond acceptors (Lipinski definition) is 6. The topological polar surface area (TPSA) is 77.0 Å². The molecule has 0 bridgehead atoms. The number of nitrogens with one attached hydrogen (secondary N) is 1. The van der Waals surface area contributed by atoms with Gasteiger partial charge in [-0.1, -0.05) is 36.4 Å². The second-order valence-corrected chi connectivity index (χ2v) is 6.55. The fourth-order valence-corrected chi connectivity index (χ4v) is 3.37. The summed E-state index contributed by atoms with van der Waals surface area (Å²) in [6.07, 6.45) is 3.29. The lowest BCUT2D eigenvalue weighted by atomic mass is 10.1. The summed E-state index contributed by atoms with van der Waals surface area (Å²) in [7, 11) is 0. The van der Waals surface area contributed by atoms with Crippen LogP contribution in [0.5, 0.6) is 5.75 Å². The molecule has 0 aliphatic rings. The highest BCUT2D eigenvalue weighted by Crippen LogP contribution is 2.25. The van der Waals surface area contributed by atoms with E-state index in [-0.39, 0.29) is 5.91 Å². The molecule has 0 aliphatic heterocycles. The molecule has 4 aromatic rings. The smallest absolute Gasteiger partial charge is 0.270 e. The first kappa shape index (κ1) is 17.1. The first-order chi connectivity index (χ1) is 13.3. The summed E-state index contributed by atoms with van der Waals surface area (Å²) in [6.45, 7) is 0.759. The molecular weight excluding hydrogens is 360 g/mol. The Balaban J connectivity index is 1.33. The zero-order chi connectivity index (χ0) is 18.5. The Morgan fingerprint density at radius 2 is 1.85 bits per heavy atom. The number of benzene rings is 2. The van der Waals surface area contributed by atoms with Crippen molar-refractivity contribution in [3.05, 3.63) is 72.0 Å². The maximum absolute atomic E-state index is 12.2. The number of rotatable bonds is 6. The van der Waals surface area contributed by atoms with Crippen LogP contribution in [-0.2, 0) is 0 Å². The van der Waals surface area contributed by atoms with E-state index in [4.69, 9.17) is 4.74 Å². The van der Waals surface area contributed by atoms with Gasteiger partial charge in [-0.2, -0.15) is 0 Å². The summed E-state index contributed by atoms with van der Waals surface area (Å²) < 4.78 is 5.83. The Morgan fingerprint density at radius 3 is 2.74 bits per heavy atom. The summed E-state index contributed by atoms with van der Waals surface area (Å²) in [5.41, 5.74) is 0.354. The monoisotopic (exact) mass is 376 g/mol. The van der Waals surface area contributed by atoms with E-state index in [1.165, 1.54) is 11.3 Å². The van der Waals surface area contributed by atoms with E-state index in [9.17, 15) is 4.79 Å². The molecule has 4 rings (SSSR count). The lowest BCUT2D eigenvalue weighted by molar-refractivity contribution is 0.0943. The third kappa shape index (κ3) is 3.93. The van der Waals surface area contributed by atoms with Gasteiger partial charge in [0.2, 0.25) is 0 Å². The molecule has 6 nitrogen and oxygen atoms in total. The van der Waals surface area contributed by atoms with Crippen LogP contribution in [0.3, 0.4) is 0 Å². The van der Waals surface area contributed by atoms with Crippen molar-refractivity contribution in [3.8, 4) is 16.6 Å². The van der Waals surface area contributed by atoms with E-state index < -0.39 is 0 Å². The van der Waals surface area contributed by atoms with Gasteiger partial charge in [-0.05, 0) is 17.5 Å². The van der Waals surface area contributed by atoms with Crippen molar-refractivity contribution in [2.45, 2.75) is 0 Å². The third-order valence-corrected chi connectivity index (χ3v) is 4.73. The van der Waals surface area contributed by atoms with Gasteiger partial charge in [-0.25, -0.2) is 15.0 Å². The van der Waals surface area contributed by atoms with Crippen LogP contribution >= 0.6 is 11.3 Å². The molecule has 0 fully saturated rings. The van der Waals surface area contributed by atoms with Crippen molar-refractivity contribution in [1.82, 2.24) is 20.3 Å². The lowest BCUT2D eigenvalue weighted by Crippen LogP contribution is -2.28. The van der Waals surface area contributed by atoms with Crippen LogP contribution in [0.15, 0.2) is 66.3 Å². The molecule has 7 heteroatoms. The highest BCUT2D eigenvalue weighted by molar-refractivity contribution is 7.13. The number of carbonyl (C=O) groups excluding carboxylic acids is 1. The number of thiazole rings is 1. The van der Waals surface area contributed by atoms with E-state index in [0.717, 1.165) is 16.5 Å². The predicted molar refractivity (Wildman–Crippen MR) is 105 cm³/mol. The standard InChI is InChI=1S/C20H16N4O2S/c25-19(16-13-27-20(24-16)18-21-9-4-10-22-18)23-11-12-26-17-8-3-6-14-5-1-2-7-15(14)17/h1-10,13H,11-12H2,(H,23,25). The number of carbonyl (C=O) groups is 1. The fourth-order valence-electron chi connectivity index (χ4n) is 2.63. The number of ether oxygens (including phenoxy) is 1. The number of aromatic nitrogens is 3. The summed E-state index contributed by atoms with van der Waals surface area (Å²) in [4.78, 5) is 24.8. The second kappa shape index (κ2) is 7.92. The second-order valence-electron chi connectivity index (χ2n) is 5.69. The van der Waals surface area contributed by atoms with Gasteiger partial charge in [0.1, 0.15) is 18.1 Å². The Morgan fingerprint density at radius 1 is 1.04 bits per heavy atom. The van der Waals surface area contributed by atoms with Crippen LogP contribution in [-0.4, -0.2) is 34.0 Å². The number of hydrogen-bond donors (Lipinski definition) is 1. The van der Waals surface area contributed by atoms with E-state index in [1.807, 2.05) is 42.5 Å². The molecule has 0 saturated heterocycles. The Kier molecular flexibility index (Phi) is 5.02. The molecule has 0 aliphatic carbocycles. The van der Waals surface area contributed by atoms with Crippen molar-refractivity contribution in [3.63, 3.8) is 0 Å². The molecule has 0 radical (unpaired) electrons. The molecule has 0 saturated carbocycles. The Labute approximate surface area is 159 Å². The molecule has 2 heterocycles. The van der Waals surface area contributed by atoms with Crippen LogP contribution in [0.4, 0.5) is 0 Å². The normalized spacial score (nSPS) is 10.7. The largest absolute Gasteiger partial charge is 0.491 e. The van der Waals surface area contributed by atoms with Crippen LogP contribution in [0.1, 0.15) is 10.5 Å². The molecule has 1 amide bonds. The van der Waals surface area contributed by atoms with Crippen molar-refractivity contribution in [2.75, 3.05) is 13.2 Å². The quantitative estimate of drug-likeness (QED) is 0.521. The van der Waals surface area contributed by atoms with Gasteiger partial charge in [0.05, 0.1) is 6.54 Å².